The average Bonchev–Trinajstić information content (AvgIpc) is 3.91. The van der Waals surface area contributed by atoms with E-state index >= 15 is 0 Å². The van der Waals surface area contributed by atoms with E-state index in [0.717, 1.165) is 0 Å². The van der Waals surface area contributed by atoms with Crippen molar-refractivity contribution in [1.29, 1.82) is 0 Å². The Morgan fingerprint density at radius 1 is 0.460 bits per heavy atom. The van der Waals surface area contributed by atoms with Gasteiger partial charge in [0, 0.05) is 38.2 Å². The minimum absolute atomic E-state index is 0.00333. The van der Waals surface area contributed by atoms with Crippen LogP contribution in [0.2, 0.25) is 0 Å². The molecule has 10 aromatic rings. The Labute approximate surface area is 308 Å². The molecule has 0 saturated heterocycles. The Morgan fingerprint density at radius 2 is 1.02 bits per heavy atom. The summed E-state index contributed by atoms with van der Waals surface area (Å²) in [5, 5.41) is -0.713. The highest BCUT2D eigenvalue weighted by molar-refractivity contribution is 6.10. The van der Waals surface area contributed by atoms with Crippen LogP contribution in [0.5, 0.6) is 0 Å². The molecule has 0 atom stereocenters. The maximum absolute atomic E-state index is 9.44. The monoisotopic (exact) mass is 655 g/mol. The summed E-state index contributed by atoms with van der Waals surface area (Å²) < 4.78 is 140. The Balaban J connectivity index is 1.38. The van der Waals surface area contributed by atoms with Gasteiger partial charge in [-0.3, -0.25) is 0 Å². The van der Waals surface area contributed by atoms with Crippen LogP contribution in [0, 0.1) is 0 Å². The fourth-order valence-electron chi connectivity index (χ4n) is 6.09. The van der Waals surface area contributed by atoms with E-state index < -0.39 is 90.6 Å². The minimum Gasteiger partial charge on any atom is -0.456 e. The quantitative estimate of drug-likeness (QED) is 0.185. The Kier molecular flexibility index (Phi) is 3.87. The van der Waals surface area contributed by atoms with Gasteiger partial charge in [-0.05, 0) is 53.5 Å². The summed E-state index contributed by atoms with van der Waals surface area (Å²) in [6.45, 7) is 0. The van der Waals surface area contributed by atoms with Crippen LogP contribution in [0.4, 0.5) is 0 Å². The third-order valence-corrected chi connectivity index (χ3v) is 8.39. The predicted molar refractivity (Wildman–Crippen MR) is 203 cm³/mol. The number of fused-ring (bicyclic) bond motifs is 6. The summed E-state index contributed by atoms with van der Waals surface area (Å²) in [4.78, 5) is 14.6. The molecule has 0 radical (unpaired) electrons. The zero-order valence-electron chi connectivity index (χ0n) is 40.7. The fourth-order valence-corrected chi connectivity index (χ4v) is 6.09. The zero-order valence-corrected chi connectivity index (χ0v) is 25.7. The van der Waals surface area contributed by atoms with E-state index in [9.17, 15) is 5.48 Å². The minimum atomic E-state index is -0.650. The molecule has 5 heteroatoms. The zero-order chi connectivity index (χ0) is 46.1. The number of furan rings is 1. The van der Waals surface area contributed by atoms with Gasteiger partial charge < -0.3 is 8.98 Å². The van der Waals surface area contributed by atoms with Gasteiger partial charge in [-0.25, -0.2) is 15.0 Å². The van der Waals surface area contributed by atoms with Crippen LogP contribution in [0.25, 0.3) is 94.7 Å². The molecule has 0 aliphatic heterocycles. The van der Waals surface area contributed by atoms with Crippen LogP contribution >= 0.6 is 0 Å². The van der Waals surface area contributed by atoms with Gasteiger partial charge in [0.15, 0.2) is 17.5 Å². The topological polar surface area (TPSA) is 56.7 Å². The number of rotatable bonds is 5. The van der Waals surface area contributed by atoms with Gasteiger partial charge in [0.25, 0.3) is 0 Å². The van der Waals surface area contributed by atoms with E-state index in [-0.39, 0.29) is 83.6 Å². The first-order valence-corrected chi connectivity index (χ1v) is 15.5. The van der Waals surface area contributed by atoms with Gasteiger partial charge in [-0.1, -0.05) is 127 Å². The molecule has 0 N–H and O–H groups in total. The van der Waals surface area contributed by atoms with Crippen LogP contribution in [0.1, 0.15) is 20.6 Å². The summed E-state index contributed by atoms with van der Waals surface area (Å²) in [5.41, 5.74) is 0.280. The highest BCUT2D eigenvalue weighted by Crippen LogP contribution is 2.39. The molecular formula is C45H28N4O. The smallest absolute Gasteiger partial charge is 0.166 e. The highest BCUT2D eigenvalue weighted by atomic mass is 16.3. The number of para-hydroxylation sites is 3. The molecule has 0 spiro atoms. The van der Waals surface area contributed by atoms with E-state index in [1.165, 1.54) is 22.8 Å². The van der Waals surface area contributed by atoms with Crippen LogP contribution < -0.4 is 0 Å². The van der Waals surface area contributed by atoms with Crippen molar-refractivity contribution in [2.24, 2.45) is 0 Å². The standard InChI is InChI=1S/C45H28N4O/c1-3-13-29(14-4-1)43-46-44(30-15-5-2-6-16-30)48-45(47-43)37-26-24-31(32-23-25-36-35-19-9-12-22-41(35)50-42(36)28-32)27-40(37)49-38-20-10-7-17-33(38)34-18-8-11-21-39(34)49/h1-28H/i7D,8D,9D,10D,11D,12D,17D,18D,19D,20D,21D,22D,23D,25D,28D. The molecule has 10 rings (SSSR count). The van der Waals surface area contributed by atoms with Crippen molar-refractivity contribution in [2.45, 2.75) is 0 Å². The first-order chi connectivity index (χ1) is 31.0. The molecule has 0 unspecified atom stereocenters. The molecule has 7 aromatic carbocycles. The second kappa shape index (κ2) is 11.4. The summed E-state index contributed by atoms with van der Waals surface area (Å²) >= 11 is 0. The summed E-state index contributed by atoms with van der Waals surface area (Å²) in [7, 11) is 0. The molecule has 0 bridgehead atoms. The first-order valence-electron chi connectivity index (χ1n) is 23.0. The summed E-state index contributed by atoms with van der Waals surface area (Å²) in [6.07, 6.45) is 0. The van der Waals surface area contributed by atoms with Gasteiger partial charge in [0.2, 0.25) is 0 Å². The van der Waals surface area contributed by atoms with Crippen molar-refractivity contribution >= 4 is 43.7 Å². The lowest BCUT2D eigenvalue weighted by Crippen LogP contribution is -2.04. The number of nitrogens with zero attached hydrogens (tertiary/aromatic N) is 4. The number of hydrogen-bond donors (Lipinski definition) is 0. The third-order valence-electron chi connectivity index (χ3n) is 8.39. The summed E-state index contributed by atoms with van der Waals surface area (Å²) in [6, 6.07) is 14.1. The van der Waals surface area contributed by atoms with Crippen LogP contribution in [0.3, 0.4) is 0 Å². The second-order valence-electron chi connectivity index (χ2n) is 11.3. The Hall–Kier alpha value is -6.85. The Morgan fingerprint density at radius 3 is 1.68 bits per heavy atom. The number of aromatic nitrogens is 4. The van der Waals surface area contributed by atoms with Gasteiger partial charge in [0.1, 0.15) is 11.2 Å². The lowest BCUT2D eigenvalue weighted by atomic mass is 10.00. The molecule has 5 nitrogen and oxygen atoms in total. The van der Waals surface area contributed by atoms with Crippen molar-refractivity contribution in [3.05, 3.63) is 169 Å². The average molecular weight is 656 g/mol. The largest absolute Gasteiger partial charge is 0.456 e. The van der Waals surface area contributed by atoms with Crippen molar-refractivity contribution in [3.63, 3.8) is 0 Å². The molecular weight excluding hydrogens is 613 g/mol. The number of benzene rings is 7. The van der Waals surface area contributed by atoms with E-state index in [2.05, 4.69) is 0 Å². The molecule has 0 aliphatic carbocycles. The lowest BCUT2D eigenvalue weighted by molar-refractivity contribution is 0.669. The predicted octanol–water partition coefficient (Wildman–Crippen LogP) is 11.5. The molecule has 0 amide bonds. The van der Waals surface area contributed by atoms with E-state index in [1.807, 2.05) is 36.4 Å². The third kappa shape index (κ3) is 4.60. The SMILES string of the molecule is [2H]c1c([2H])c([2H])c2c(oc3c([2H])c(-c4ccc(-c5nc(-c6ccccc6)nc(-c6ccccc6)n5)c(-n5c6c([2H])c([2H])c([2H])c([2H])c6c6c([2H])c([2H])c([2H])c([2H])c65)c4)c([2H])c([2H])c32)c1[2H]. The Bertz CT molecular complexity index is 3590. The van der Waals surface area contributed by atoms with Crippen LogP contribution in [-0.4, -0.2) is 19.5 Å². The maximum Gasteiger partial charge on any atom is 0.166 e. The molecule has 3 heterocycles. The molecule has 50 heavy (non-hydrogen) atoms. The molecule has 0 saturated carbocycles. The fraction of sp³-hybridized carbons (Fsp3) is 0. The molecule has 0 aliphatic rings. The molecule has 3 aromatic heterocycles. The van der Waals surface area contributed by atoms with Crippen molar-refractivity contribution < 1.29 is 25.0 Å². The normalized spacial score (nSPS) is 15.8. The first kappa shape index (κ1) is 17.0. The van der Waals surface area contributed by atoms with Crippen molar-refractivity contribution in [1.82, 2.24) is 19.5 Å². The van der Waals surface area contributed by atoms with Gasteiger partial charge in [-0.2, -0.15) is 0 Å². The molecule has 234 valence electrons. The van der Waals surface area contributed by atoms with Crippen LogP contribution in [-0.2, 0) is 0 Å². The van der Waals surface area contributed by atoms with E-state index in [0.29, 0.717) is 11.1 Å². The lowest BCUT2D eigenvalue weighted by Gasteiger charge is -2.16. The van der Waals surface area contributed by atoms with E-state index in [1.54, 1.807) is 24.3 Å². The van der Waals surface area contributed by atoms with Crippen molar-refractivity contribution in [2.75, 3.05) is 0 Å². The van der Waals surface area contributed by atoms with Crippen molar-refractivity contribution in [3.8, 4) is 51.0 Å². The maximum atomic E-state index is 9.44. The van der Waals surface area contributed by atoms with Crippen LogP contribution in [0.15, 0.2) is 174 Å². The van der Waals surface area contributed by atoms with E-state index in [4.69, 9.17) is 34.4 Å². The highest BCUT2D eigenvalue weighted by Gasteiger charge is 2.20. The summed E-state index contributed by atoms with van der Waals surface area (Å²) in [5.74, 6) is 0.534. The second-order valence-corrected chi connectivity index (χ2v) is 11.3. The van der Waals surface area contributed by atoms with Gasteiger partial charge in [0.05, 0.1) is 37.3 Å². The number of hydrogen-bond acceptors (Lipinski definition) is 4. The van der Waals surface area contributed by atoms with Gasteiger partial charge in [-0.15, -0.1) is 0 Å². The van der Waals surface area contributed by atoms with Gasteiger partial charge >= 0.3 is 0 Å². The molecule has 0 fully saturated rings.